The summed E-state index contributed by atoms with van der Waals surface area (Å²) in [6.45, 7) is 1.76. The number of amides is 1. The van der Waals surface area contributed by atoms with Gasteiger partial charge in [-0.15, -0.1) is 0 Å². The maximum Gasteiger partial charge on any atom is 0.256 e. The van der Waals surface area contributed by atoms with Crippen molar-refractivity contribution in [3.05, 3.63) is 84.2 Å². The first kappa shape index (κ1) is 17.3. The molecule has 4 rings (SSSR count). The quantitative estimate of drug-likeness (QED) is 0.681. The standard InChI is InChI=1S/C23H21FN2O/c24-21-16-18(12-13-22(21)26-14-6-7-15-26)25-23(27)20-11-5-4-10-19(20)17-8-2-1-3-9-17/h1-5,8-13,16H,6-7,14-15H2,(H,25,27). The number of rotatable bonds is 4. The van der Waals surface area contributed by atoms with E-state index in [1.54, 1.807) is 18.2 Å². The Hall–Kier alpha value is -3.14. The van der Waals surface area contributed by atoms with Gasteiger partial charge in [0.2, 0.25) is 0 Å². The molecule has 0 spiro atoms. The number of nitrogens with zero attached hydrogens (tertiary/aromatic N) is 1. The van der Waals surface area contributed by atoms with E-state index in [1.807, 2.05) is 53.4 Å². The summed E-state index contributed by atoms with van der Waals surface area (Å²) < 4.78 is 14.5. The summed E-state index contributed by atoms with van der Waals surface area (Å²) in [6.07, 6.45) is 2.18. The van der Waals surface area contributed by atoms with E-state index in [2.05, 4.69) is 5.32 Å². The molecule has 0 saturated carbocycles. The van der Waals surface area contributed by atoms with Gasteiger partial charge in [-0.25, -0.2) is 4.39 Å². The first-order valence-electron chi connectivity index (χ1n) is 9.23. The highest BCUT2D eigenvalue weighted by atomic mass is 19.1. The Kier molecular flexibility index (Phi) is 4.88. The second-order valence-corrected chi connectivity index (χ2v) is 6.73. The first-order chi connectivity index (χ1) is 13.2. The number of hydrogen-bond donors (Lipinski definition) is 1. The van der Waals surface area contributed by atoms with Crippen LogP contribution in [0.3, 0.4) is 0 Å². The van der Waals surface area contributed by atoms with Gasteiger partial charge >= 0.3 is 0 Å². The van der Waals surface area contributed by atoms with Gasteiger partial charge in [-0.2, -0.15) is 0 Å². The number of nitrogens with one attached hydrogen (secondary N) is 1. The summed E-state index contributed by atoms with van der Waals surface area (Å²) in [4.78, 5) is 14.9. The van der Waals surface area contributed by atoms with Gasteiger partial charge < -0.3 is 10.2 Å². The minimum absolute atomic E-state index is 0.247. The molecule has 27 heavy (non-hydrogen) atoms. The average molecular weight is 360 g/mol. The van der Waals surface area contributed by atoms with Crippen LogP contribution in [0.25, 0.3) is 11.1 Å². The summed E-state index contributed by atoms with van der Waals surface area (Å²) in [5, 5.41) is 2.83. The molecule has 3 aromatic rings. The largest absolute Gasteiger partial charge is 0.369 e. The molecule has 0 atom stereocenters. The van der Waals surface area contributed by atoms with Crippen LogP contribution in [0.4, 0.5) is 15.8 Å². The maximum absolute atomic E-state index is 14.5. The molecule has 0 radical (unpaired) electrons. The van der Waals surface area contributed by atoms with E-state index in [0.29, 0.717) is 16.9 Å². The van der Waals surface area contributed by atoms with Crippen molar-refractivity contribution in [2.75, 3.05) is 23.3 Å². The third-order valence-corrected chi connectivity index (χ3v) is 4.91. The summed E-state index contributed by atoms with van der Waals surface area (Å²) in [6, 6.07) is 22.1. The van der Waals surface area contributed by atoms with Gasteiger partial charge in [-0.3, -0.25) is 4.79 Å². The van der Waals surface area contributed by atoms with E-state index in [4.69, 9.17) is 0 Å². The second kappa shape index (κ2) is 7.62. The van der Waals surface area contributed by atoms with E-state index >= 15 is 0 Å². The van der Waals surface area contributed by atoms with Crippen molar-refractivity contribution in [1.29, 1.82) is 0 Å². The lowest BCUT2D eigenvalue weighted by Gasteiger charge is -2.19. The number of anilines is 2. The normalized spacial score (nSPS) is 13.6. The Labute approximate surface area is 158 Å². The minimum Gasteiger partial charge on any atom is -0.369 e. The highest BCUT2D eigenvalue weighted by Gasteiger charge is 2.17. The molecule has 0 aromatic heterocycles. The molecule has 0 aliphatic carbocycles. The molecule has 3 nitrogen and oxygen atoms in total. The van der Waals surface area contributed by atoms with Crippen LogP contribution < -0.4 is 10.2 Å². The summed E-state index contributed by atoms with van der Waals surface area (Å²) in [7, 11) is 0. The van der Waals surface area contributed by atoms with Crippen molar-refractivity contribution in [3.63, 3.8) is 0 Å². The summed E-state index contributed by atoms with van der Waals surface area (Å²) in [5.41, 5.74) is 3.45. The highest BCUT2D eigenvalue weighted by molar-refractivity contribution is 6.08. The number of halogens is 1. The van der Waals surface area contributed by atoms with Crippen LogP contribution in [0, 0.1) is 5.82 Å². The molecule has 1 amide bonds. The van der Waals surface area contributed by atoms with Crippen molar-refractivity contribution in [1.82, 2.24) is 0 Å². The summed E-state index contributed by atoms with van der Waals surface area (Å²) >= 11 is 0. The van der Waals surface area contributed by atoms with Gasteiger partial charge in [0.05, 0.1) is 5.69 Å². The minimum atomic E-state index is -0.300. The zero-order valence-electron chi connectivity index (χ0n) is 15.0. The molecule has 1 heterocycles. The fraction of sp³-hybridized carbons (Fsp3) is 0.174. The molecule has 1 fully saturated rings. The van der Waals surface area contributed by atoms with Gasteiger partial charge in [0.15, 0.2) is 0 Å². The van der Waals surface area contributed by atoms with Crippen molar-refractivity contribution in [2.24, 2.45) is 0 Å². The fourth-order valence-electron chi connectivity index (χ4n) is 3.55. The number of carbonyl (C=O) groups excluding carboxylic acids is 1. The Bertz CT molecular complexity index is 950. The predicted molar refractivity (Wildman–Crippen MR) is 108 cm³/mol. The lowest BCUT2D eigenvalue weighted by Crippen LogP contribution is -2.19. The monoisotopic (exact) mass is 360 g/mol. The van der Waals surface area contributed by atoms with Crippen LogP contribution >= 0.6 is 0 Å². The maximum atomic E-state index is 14.5. The molecular weight excluding hydrogens is 339 g/mol. The lowest BCUT2D eigenvalue weighted by molar-refractivity contribution is 0.102. The van der Waals surface area contributed by atoms with Crippen LogP contribution in [-0.2, 0) is 0 Å². The molecule has 1 aliphatic heterocycles. The van der Waals surface area contributed by atoms with Gasteiger partial charge in [-0.05, 0) is 48.2 Å². The Morgan fingerprint density at radius 1 is 0.889 bits per heavy atom. The Morgan fingerprint density at radius 3 is 2.33 bits per heavy atom. The van der Waals surface area contributed by atoms with Gasteiger partial charge in [0.1, 0.15) is 5.82 Å². The molecule has 4 heteroatoms. The van der Waals surface area contributed by atoms with Crippen molar-refractivity contribution < 1.29 is 9.18 Å². The number of carbonyl (C=O) groups is 1. The van der Waals surface area contributed by atoms with Crippen molar-refractivity contribution >= 4 is 17.3 Å². The van der Waals surface area contributed by atoms with Gasteiger partial charge in [0.25, 0.3) is 5.91 Å². The van der Waals surface area contributed by atoms with Crippen LogP contribution in [0.1, 0.15) is 23.2 Å². The third-order valence-electron chi connectivity index (χ3n) is 4.91. The van der Waals surface area contributed by atoms with Crippen molar-refractivity contribution in [3.8, 4) is 11.1 Å². The third kappa shape index (κ3) is 3.70. The molecule has 1 saturated heterocycles. The number of hydrogen-bond acceptors (Lipinski definition) is 2. The lowest BCUT2D eigenvalue weighted by atomic mass is 9.99. The molecular formula is C23H21FN2O. The van der Waals surface area contributed by atoms with E-state index in [0.717, 1.165) is 37.1 Å². The van der Waals surface area contributed by atoms with E-state index in [1.165, 1.54) is 6.07 Å². The SMILES string of the molecule is O=C(Nc1ccc(N2CCCC2)c(F)c1)c1ccccc1-c1ccccc1. The molecule has 0 bridgehead atoms. The van der Waals surface area contributed by atoms with Crippen LogP contribution in [-0.4, -0.2) is 19.0 Å². The fourth-order valence-corrected chi connectivity index (χ4v) is 3.55. The van der Waals surface area contributed by atoms with Gasteiger partial charge in [0, 0.05) is 24.3 Å². The molecule has 0 unspecified atom stereocenters. The van der Waals surface area contributed by atoms with E-state index in [-0.39, 0.29) is 11.7 Å². The zero-order valence-corrected chi connectivity index (χ0v) is 15.0. The second-order valence-electron chi connectivity index (χ2n) is 6.73. The van der Waals surface area contributed by atoms with E-state index < -0.39 is 0 Å². The predicted octanol–water partition coefficient (Wildman–Crippen LogP) is 5.35. The topological polar surface area (TPSA) is 32.3 Å². The highest BCUT2D eigenvalue weighted by Crippen LogP contribution is 2.28. The van der Waals surface area contributed by atoms with Crippen LogP contribution in [0.2, 0.25) is 0 Å². The Morgan fingerprint density at radius 2 is 1.59 bits per heavy atom. The molecule has 3 aromatic carbocycles. The summed E-state index contributed by atoms with van der Waals surface area (Å²) in [5.74, 6) is -0.547. The van der Waals surface area contributed by atoms with E-state index in [9.17, 15) is 9.18 Å². The van der Waals surface area contributed by atoms with Crippen LogP contribution in [0.15, 0.2) is 72.8 Å². The first-order valence-corrected chi connectivity index (χ1v) is 9.23. The smallest absolute Gasteiger partial charge is 0.256 e. The zero-order chi connectivity index (χ0) is 18.6. The average Bonchev–Trinajstić information content (AvgIpc) is 3.23. The Balaban J connectivity index is 1.57. The van der Waals surface area contributed by atoms with Crippen molar-refractivity contribution in [2.45, 2.75) is 12.8 Å². The molecule has 1 aliphatic rings. The molecule has 136 valence electrons. The van der Waals surface area contributed by atoms with Crippen LogP contribution in [0.5, 0.6) is 0 Å². The van der Waals surface area contributed by atoms with Gasteiger partial charge in [-0.1, -0.05) is 48.5 Å². The number of benzene rings is 3. The molecule has 1 N–H and O–H groups in total.